The molecule has 0 spiro atoms. The minimum atomic E-state index is -0.926. The molecule has 0 fully saturated rings. The number of aliphatic hydroxyl groups is 2. The molecule has 176 valence electrons. The molecule has 2 atom stereocenters. The molecule has 6 nitrogen and oxygen atoms in total. The molecule has 9 heteroatoms. The number of benzene rings is 2. The van der Waals surface area contributed by atoms with E-state index >= 15 is 0 Å². The molecule has 0 aromatic heterocycles. The number of halogens is 3. The number of ether oxygens (including phenoxy) is 3. The van der Waals surface area contributed by atoms with E-state index in [1.165, 1.54) is 6.92 Å². The normalized spacial score (nSPS) is 13.4. The topological polar surface area (TPSA) is 85.2 Å². The summed E-state index contributed by atoms with van der Waals surface area (Å²) in [5, 5.41) is 18.9. The van der Waals surface area contributed by atoms with Crippen molar-refractivity contribution in [3.63, 3.8) is 0 Å². The standard InChI is InChI=1S/C23H27Cl3O6/c1-14(28)32-19(10-24)13-31-22-20(25)8-16(9-21(22)26)23(2,3)15-4-6-18(7-5-15)30-12-17(29)11-27/h4-9,17,19,27,29H,10-13H2,1-3H3/t17-,19+/m0/s1. The highest BCUT2D eigenvalue weighted by Crippen LogP contribution is 2.40. The van der Waals surface area contributed by atoms with Crippen molar-refractivity contribution in [1.82, 2.24) is 0 Å². The lowest BCUT2D eigenvalue weighted by Crippen LogP contribution is -2.26. The van der Waals surface area contributed by atoms with Crippen LogP contribution in [0.3, 0.4) is 0 Å². The molecule has 2 aromatic rings. The molecule has 0 radical (unpaired) electrons. The fraction of sp³-hybridized carbons (Fsp3) is 0.435. The summed E-state index contributed by atoms with van der Waals surface area (Å²) >= 11 is 18.7. The Bertz CT molecular complexity index is 878. The monoisotopic (exact) mass is 504 g/mol. The van der Waals surface area contributed by atoms with Gasteiger partial charge in [0.15, 0.2) is 5.75 Å². The lowest BCUT2D eigenvalue weighted by Gasteiger charge is -2.27. The molecule has 0 heterocycles. The number of rotatable bonds is 11. The summed E-state index contributed by atoms with van der Waals surface area (Å²) in [5.74, 6) is 0.507. The summed E-state index contributed by atoms with van der Waals surface area (Å²) in [5.41, 5.74) is 1.43. The van der Waals surface area contributed by atoms with Crippen LogP contribution in [0.2, 0.25) is 10.0 Å². The van der Waals surface area contributed by atoms with E-state index < -0.39 is 23.6 Å². The van der Waals surface area contributed by atoms with E-state index in [2.05, 4.69) is 0 Å². The molecule has 0 saturated carbocycles. The van der Waals surface area contributed by atoms with E-state index in [1.54, 1.807) is 24.3 Å². The zero-order chi connectivity index (χ0) is 23.9. The third-order valence-electron chi connectivity index (χ3n) is 4.87. The largest absolute Gasteiger partial charge is 0.491 e. The minimum absolute atomic E-state index is 0.00789. The second-order valence-corrected chi connectivity index (χ2v) is 8.89. The molecule has 2 rings (SSSR count). The fourth-order valence-corrected chi connectivity index (χ4v) is 3.71. The van der Waals surface area contributed by atoms with Crippen molar-refractivity contribution in [3.8, 4) is 11.5 Å². The van der Waals surface area contributed by atoms with Crippen molar-refractivity contribution >= 4 is 40.8 Å². The van der Waals surface area contributed by atoms with Gasteiger partial charge in [0.2, 0.25) is 0 Å². The summed E-state index contributed by atoms with van der Waals surface area (Å²) in [6, 6.07) is 11.0. The maximum atomic E-state index is 11.1. The lowest BCUT2D eigenvalue weighted by molar-refractivity contribution is -0.146. The quantitative estimate of drug-likeness (QED) is 0.343. The van der Waals surface area contributed by atoms with E-state index in [1.807, 2.05) is 26.0 Å². The predicted octanol–water partition coefficient (Wildman–Crippen LogP) is 4.60. The van der Waals surface area contributed by atoms with Crippen LogP contribution in [0.5, 0.6) is 11.5 Å². The number of hydrogen-bond acceptors (Lipinski definition) is 6. The van der Waals surface area contributed by atoms with Crippen LogP contribution in [-0.4, -0.2) is 54.1 Å². The SMILES string of the molecule is CC(=O)O[C@H](CCl)COc1c(Cl)cc(C(C)(C)c2ccc(OC[C@@H](O)CO)cc2)cc1Cl. The highest BCUT2D eigenvalue weighted by atomic mass is 35.5. The van der Waals surface area contributed by atoms with Crippen molar-refractivity contribution in [2.24, 2.45) is 0 Å². The third kappa shape index (κ3) is 7.15. The van der Waals surface area contributed by atoms with E-state index in [-0.39, 0.29) is 25.7 Å². The molecule has 0 bridgehead atoms. The Morgan fingerprint density at radius 1 is 1.03 bits per heavy atom. The highest BCUT2D eigenvalue weighted by Gasteiger charge is 2.26. The number of carbonyl (C=O) groups is 1. The van der Waals surface area contributed by atoms with Gasteiger partial charge in [-0.1, -0.05) is 49.2 Å². The van der Waals surface area contributed by atoms with Gasteiger partial charge in [-0.25, -0.2) is 0 Å². The van der Waals surface area contributed by atoms with Gasteiger partial charge < -0.3 is 24.4 Å². The third-order valence-corrected chi connectivity index (χ3v) is 5.77. The number of alkyl halides is 1. The van der Waals surface area contributed by atoms with E-state index in [4.69, 9.17) is 54.1 Å². The van der Waals surface area contributed by atoms with Gasteiger partial charge in [0.05, 0.1) is 22.5 Å². The van der Waals surface area contributed by atoms with Gasteiger partial charge in [-0.05, 0) is 35.4 Å². The average molecular weight is 506 g/mol. The molecular formula is C23H27Cl3O6. The van der Waals surface area contributed by atoms with Gasteiger partial charge in [0, 0.05) is 12.3 Å². The first kappa shape index (κ1) is 26.6. The van der Waals surface area contributed by atoms with E-state index in [9.17, 15) is 9.90 Å². The second kappa shape index (κ2) is 12.0. The van der Waals surface area contributed by atoms with Crippen LogP contribution in [0.25, 0.3) is 0 Å². The molecule has 0 aliphatic rings. The summed E-state index contributed by atoms with van der Waals surface area (Å²) in [4.78, 5) is 11.1. The first-order valence-electron chi connectivity index (χ1n) is 9.96. The van der Waals surface area contributed by atoms with Crippen LogP contribution in [0, 0.1) is 0 Å². The van der Waals surface area contributed by atoms with Gasteiger partial charge in [-0.15, -0.1) is 11.6 Å². The second-order valence-electron chi connectivity index (χ2n) is 7.76. The first-order chi connectivity index (χ1) is 15.1. The first-order valence-corrected chi connectivity index (χ1v) is 11.2. The van der Waals surface area contributed by atoms with Gasteiger partial charge >= 0.3 is 5.97 Å². The van der Waals surface area contributed by atoms with Crippen LogP contribution < -0.4 is 9.47 Å². The van der Waals surface area contributed by atoms with Gasteiger partial charge in [0.25, 0.3) is 0 Å². The molecule has 0 aliphatic heterocycles. The Morgan fingerprint density at radius 2 is 1.62 bits per heavy atom. The van der Waals surface area contributed by atoms with Crippen molar-refractivity contribution in [2.45, 2.75) is 38.4 Å². The Hall–Kier alpha value is -1.70. The smallest absolute Gasteiger partial charge is 0.303 e. The maximum absolute atomic E-state index is 11.1. The molecule has 0 amide bonds. The van der Waals surface area contributed by atoms with Crippen LogP contribution in [0.1, 0.15) is 31.9 Å². The number of aliphatic hydroxyl groups excluding tert-OH is 2. The van der Waals surface area contributed by atoms with Crippen molar-refractivity contribution in [1.29, 1.82) is 0 Å². The Labute approximate surface area is 203 Å². The lowest BCUT2D eigenvalue weighted by atomic mass is 9.78. The van der Waals surface area contributed by atoms with Crippen molar-refractivity contribution < 1.29 is 29.2 Å². The zero-order valence-corrected chi connectivity index (χ0v) is 20.4. The van der Waals surface area contributed by atoms with Crippen LogP contribution in [-0.2, 0) is 14.9 Å². The Balaban J connectivity index is 2.17. The fourth-order valence-electron chi connectivity index (χ4n) is 2.96. The van der Waals surface area contributed by atoms with Crippen LogP contribution in [0.15, 0.2) is 36.4 Å². The maximum Gasteiger partial charge on any atom is 0.303 e. The summed E-state index contributed by atoms with van der Waals surface area (Å²) in [6.07, 6.45) is -1.54. The molecule has 2 aromatic carbocycles. The molecule has 0 unspecified atom stereocenters. The van der Waals surface area contributed by atoms with Gasteiger partial charge in [-0.2, -0.15) is 0 Å². The minimum Gasteiger partial charge on any atom is -0.491 e. The summed E-state index contributed by atoms with van der Waals surface area (Å²) in [6.45, 7) is 5.04. The molecule has 32 heavy (non-hydrogen) atoms. The van der Waals surface area contributed by atoms with Crippen molar-refractivity contribution in [2.75, 3.05) is 25.7 Å². The summed E-state index contributed by atoms with van der Waals surface area (Å²) < 4.78 is 16.2. The molecule has 0 saturated heterocycles. The number of hydrogen-bond donors (Lipinski definition) is 2. The predicted molar refractivity (Wildman–Crippen MR) is 125 cm³/mol. The Morgan fingerprint density at radius 3 is 2.12 bits per heavy atom. The number of esters is 1. The average Bonchev–Trinajstić information content (AvgIpc) is 2.75. The summed E-state index contributed by atoms with van der Waals surface area (Å²) in [7, 11) is 0. The Kier molecular flexibility index (Phi) is 9.92. The van der Waals surface area contributed by atoms with E-state index in [0.717, 1.165) is 11.1 Å². The van der Waals surface area contributed by atoms with Crippen molar-refractivity contribution in [3.05, 3.63) is 57.6 Å². The van der Waals surface area contributed by atoms with Gasteiger partial charge in [0.1, 0.15) is 31.2 Å². The molecular weight excluding hydrogens is 479 g/mol. The van der Waals surface area contributed by atoms with E-state index in [0.29, 0.717) is 21.5 Å². The van der Waals surface area contributed by atoms with Gasteiger partial charge in [-0.3, -0.25) is 4.79 Å². The highest BCUT2D eigenvalue weighted by molar-refractivity contribution is 6.37. The molecule has 2 N–H and O–H groups in total. The zero-order valence-electron chi connectivity index (χ0n) is 18.1. The number of carbonyl (C=O) groups excluding carboxylic acids is 1. The molecule has 0 aliphatic carbocycles. The van der Waals surface area contributed by atoms with Crippen LogP contribution in [0.4, 0.5) is 0 Å². The van der Waals surface area contributed by atoms with Crippen LogP contribution >= 0.6 is 34.8 Å².